The molecule has 0 aliphatic rings. The number of halogens is 1. The van der Waals surface area contributed by atoms with Gasteiger partial charge in [-0.3, -0.25) is 0 Å². The second kappa shape index (κ2) is 6.62. The third-order valence-electron chi connectivity index (χ3n) is 4.90. The first-order valence-electron chi connectivity index (χ1n) is 8.41. The van der Waals surface area contributed by atoms with Crippen LogP contribution in [0.3, 0.4) is 0 Å². The molecule has 3 radical (unpaired) electrons. The van der Waals surface area contributed by atoms with E-state index in [2.05, 4.69) is 107 Å². The van der Waals surface area contributed by atoms with Gasteiger partial charge in [0.2, 0.25) is 0 Å². The summed E-state index contributed by atoms with van der Waals surface area (Å²) in [5, 5.41) is 7.62. The number of hydrogen-bond acceptors (Lipinski definition) is 0. The Balaban J connectivity index is 0.00000168. The fourth-order valence-corrected chi connectivity index (χ4v) is 4.42. The quantitative estimate of drug-likeness (QED) is 0.208. The molecular formula is C24H15BBr. The minimum atomic E-state index is 0. The predicted octanol–water partition coefficient (Wildman–Crippen LogP) is 7.19. The lowest BCUT2D eigenvalue weighted by molar-refractivity contribution is 1.69. The maximum Gasteiger partial charge on any atom is 0.0332 e. The van der Waals surface area contributed by atoms with Gasteiger partial charge in [0.15, 0.2) is 0 Å². The van der Waals surface area contributed by atoms with Gasteiger partial charge in [-0.15, -0.1) is 0 Å². The average Bonchev–Trinajstić information content (AvgIpc) is 2.68. The van der Waals surface area contributed by atoms with Crippen molar-refractivity contribution in [1.29, 1.82) is 0 Å². The third kappa shape index (κ3) is 2.53. The van der Waals surface area contributed by atoms with E-state index in [9.17, 15) is 0 Å². The molecule has 0 bridgehead atoms. The number of rotatable bonds is 1. The molecule has 26 heavy (non-hydrogen) atoms. The van der Waals surface area contributed by atoms with Crippen LogP contribution in [0.4, 0.5) is 0 Å². The minimum Gasteiger partial charge on any atom is -0.0616 e. The first-order valence-corrected chi connectivity index (χ1v) is 9.20. The molecule has 0 aliphatic heterocycles. The molecule has 5 aromatic carbocycles. The molecule has 0 unspecified atom stereocenters. The first kappa shape index (κ1) is 16.9. The van der Waals surface area contributed by atoms with E-state index in [1.807, 2.05) is 0 Å². The van der Waals surface area contributed by atoms with Crippen LogP contribution in [0, 0.1) is 0 Å². The number of hydrogen-bond donors (Lipinski definition) is 0. The number of benzene rings is 5. The Kier molecular flexibility index (Phi) is 4.30. The zero-order valence-corrected chi connectivity index (χ0v) is 15.7. The highest BCUT2D eigenvalue weighted by Crippen LogP contribution is 2.41. The molecule has 0 heterocycles. The lowest BCUT2D eigenvalue weighted by atomic mass is 9.91. The van der Waals surface area contributed by atoms with Crippen molar-refractivity contribution in [2.24, 2.45) is 0 Å². The van der Waals surface area contributed by atoms with Gasteiger partial charge in [0.05, 0.1) is 0 Å². The summed E-state index contributed by atoms with van der Waals surface area (Å²) in [7, 11) is 0. The average molecular weight is 394 g/mol. The summed E-state index contributed by atoms with van der Waals surface area (Å²) in [5.74, 6) is 0. The van der Waals surface area contributed by atoms with Gasteiger partial charge in [-0.1, -0.05) is 84.9 Å². The van der Waals surface area contributed by atoms with Crippen molar-refractivity contribution in [3.63, 3.8) is 0 Å². The van der Waals surface area contributed by atoms with Crippen molar-refractivity contribution < 1.29 is 0 Å². The van der Waals surface area contributed by atoms with Gasteiger partial charge >= 0.3 is 0 Å². The highest BCUT2D eigenvalue weighted by Gasteiger charge is 2.13. The second-order valence-electron chi connectivity index (χ2n) is 6.34. The molecule has 2 heteroatoms. The summed E-state index contributed by atoms with van der Waals surface area (Å²) in [6, 6.07) is 32.6. The van der Waals surface area contributed by atoms with Crippen molar-refractivity contribution >= 4 is 56.7 Å². The molecule has 0 spiro atoms. The predicted molar refractivity (Wildman–Crippen MR) is 118 cm³/mol. The van der Waals surface area contributed by atoms with Crippen LogP contribution in [0.2, 0.25) is 0 Å². The van der Waals surface area contributed by atoms with Gasteiger partial charge in [-0.05, 0) is 65.4 Å². The lowest BCUT2D eigenvalue weighted by Crippen LogP contribution is -1.87. The van der Waals surface area contributed by atoms with E-state index in [0.29, 0.717) is 0 Å². The van der Waals surface area contributed by atoms with Gasteiger partial charge in [0, 0.05) is 12.9 Å². The summed E-state index contributed by atoms with van der Waals surface area (Å²) < 4.78 is 1.17. The van der Waals surface area contributed by atoms with Crippen molar-refractivity contribution in [3.8, 4) is 11.1 Å². The maximum absolute atomic E-state index is 3.83. The van der Waals surface area contributed by atoms with Gasteiger partial charge in [-0.25, -0.2) is 0 Å². The monoisotopic (exact) mass is 393 g/mol. The zero-order valence-electron chi connectivity index (χ0n) is 14.1. The molecule has 0 aliphatic carbocycles. The van der Waals surface area contributed by atoms with Crippen molar-refractivity contribution in [2.75, 3.05) is 0 Å². The molecule has 0 fully saturated rings. The summed E-state index contributed by atoms with van der Waals surface area (Å²) in [6.45, 7) is 0. The standard InChI is InChI=1S/C24H15Br.B/c25-24-21-11-5-3-9-19(21)23(20-10-4-6-12-22(20)24)18-14-13-16-7-1-2-8-17(16)15-18;/h1-15H;. The highest BCUT2D eigenvalue weighted by molar-refractivity contribution is 9.10. The van der Waals surface area contributed by atoms with E-state index in [1.165, 1.54) is 47.9 Å². The van der Waals surface area contributed by atoms with E-state index in [1.54, 1.807) is 0 Å². The molecule has 0 amide bonds. The van der Waals surface area contributed by atoms with Gasteiger partial charge in [0.25, 0.3) is 0 Å². The fraction of sp³-hybridized carbons (Fsp3) is 0. The molecule has 0 aromatic heterocycles. The van der Waals surface area contributed by atoms with E-state index < -0.39 is 0 Å². The first-order chi connectivity index (χ1) is 12.3. The van der Waals surface area contributed by atoms with E-state index in [-0.39, 0.29) is 8.41 Å². The van der Waals surface area contributed by atoms with Crippen LogP contribution < -0.4 is 0 Å². The Morgan fingerprint density at radius 2 is 1.00 bits per heavy atom. The van der Waals surface area contributed by atoms with Gasteiger partial charge in [0.1, 0.15) is 0 Å². The Morgan fingerprint density at radius 3 is 1.62 bits per heavy atom. The molecule has 0 atom stereocenters. The van der Waals surface area contributed by atoms with Crippen LogP contribution in [-0.4, -0.2) is 8.41 Å². The molecule has 0 N–H and O–H groups in total. The van der Waals surface area contributed by atoms with Crippen molar-refractivity contribution in [3.05, 3.63) is 95.5 Å². The Labute approximate surface area is 163 Å². The van der Waals surface area contributed by atoms with Crippen LogP contribution in [-0.2, 0) is 0 Å². The van der Waals surface area contributed by atoms with Crippen LogP contribution in [0.5, 0.6) is 0 Å². The van der Waals surface area contributed by atoms with Crippen LogP contribution >= 0.6 is 15.9 Å². The van der Waals surface area contributed by atoms with E-state index >= 15 is 0 Å². The van der Waals surface area contributed by atoms with Crippen molar-refractivity contribution in [1.82, 2.24) is 0 Å². The van der Waals surface area contributed by atoms with Crippen LogP contribution in [0.1, 0.15) is 0 Å². The van der Waals surface area contributed by atoms with E-state index in [4.69, 9.17) is 0 Å². The normalized spacial score (nSPS) is 11.0. The summed E-state index contributed by atoms with van der Waals surface area (Å²) >= 11 is 3.83. The minimum absolute atomic E-state index is 0. The van der Waals surface area contributed by atoms with Crippen molar-refractivity contribution in [2.45, 2.75) is 0 Å². The van der Waals surface area contributed by atoms with Crippen LogP contribution in [0.25, 0.3) is 43.4 Å². The Hall–Kier alpha value is -2.58. The highest BCUT2D eigenvalue weighted by atomic mass is 79.9. The molecule has 0 saturated heterocycles. The topological polar surface area (TPSA) is 0 Å². The molecular weight excluding hydrogens is 379 g/mol. The molecule has 0 saturated carbocycles. The number of fused-ring (bicyclic) bond motifs is 3. The van der Waals surface area contributed by atoms with Crippen LogP contribution in [0.15, 0.2) is 95.5 Å². The molecule has 5 aromatic rings. The van der Waals surface area contributed by atoms with E-state index in [0.717, 1.165) is 0 Å². The largest absolute Gasteiger partial charge is 0.0616 e. The summed E-state index contributed by atoms with van der Waals surface area (Å²) in [4.78, 5) is 0. The SMILES string of the molecule is Brc1c2ccccc2c(-c2ccc3ccccc3c2)c2ccccc12.[B]. The smallest absolute Gasteiger partial charge is 0.0332 e. The zero-order chi connectivity index (χ0) is 16.8. The Morgan fingerprint density at radius 1 is 0.500 bits per heavy atom. The van der Waals surface area contributed by atoms with Gasteiger partial charge < -0.3 is 0 Å². The van der Waals surface area contributed by atoms with Gasteiger partial charge in [-0.2, -0.15) is 0 Å². The lowest BCUT2D eigenvalue weighted by Gasteiger charge is -2.15. The molecule has 0 nitrogen and oxygen atoms in total. The summed E-state index contributed by atoms with van der Waals surface area (Å²) in [5.41, 5.74) is 2.57. The molecule has 5 rings (SSSR count). The second-order valence-corrected chi connectivity index (χ2v) is 7.14. The fourth-order valence-electron chi connectivity index (χ4n) is 3.73. The Bertz CT molecular complexity index is 1200. The third-order valence-corrected chi connectivity index (χ3v) is 5.76. The molecule has 121 valence electrons. The summed E-state index contributed by atoms with van der Waals surface area (Å²) in [6.07, 6.45) is 0. The maximum atomic E-state index is 3.83.